The molecule has 0 spiro atoms. The Kier molecular flexibility index (Phi) is 6.59. The largest absolute Gasteiger partial charge is 0.379 e. The van der Waals surface area contributed by atoms with E-state index in [4.69, 9.17) is 37.9 Å². The van der Waals surface area contributed by atoms with Gasteiger partial charge in [-0.3, -0.25) is 4.90 Å². The van der Waals surface area contributed by atoms with Crippen LogP contribution in [0.4, 0.5) is 5.82 Å². The molecule has 170 valence electrons. The Morgan fingerprint density at radius 2 is 2.03 bits per heavy atom. The molecule has 5 rings (SSSR count). The summed E-state index contributed by atoms with van der Waals surface area (Å²) in [5.74, 6) is 2.61. The minimum absolute atomic E-state index is 0.584. The summed E-state index contributed by atoms with van der Waals surface area (Å²) in [7, 11) is 2.09. The van der Waals surface area contributed by atoms with Crippen LogP contribution in [0, 0.1) is 5.92 Å². The van der Waals surface area contributed by atoms with E-state index >= 15 is 0 Å². The van der Waals surface area contributed by atoms with Crippen LogP contribution in [0.25, 0.3) is 10.2 Å². The van der Waals surface area contributed by atoms with Crippen molar-refractivity contribution in [1.29, 1.82) is 0 Å². The zero-order valence-electron chi connectivity index (χ0n) is 18.5. The number of hydrogen-bond donors (Lipinski definition) is 0. The number of aryl methyl sites for hydroxylation is 1. The summed E-state index contributed by atoms with van der Waals surface area (Å²) in [5, 5.41) is 2.42. The Balaban J connectivity index is 1.55. The van der Waals surface area contributed by atoms with Gasteiger partial charge in [-0.1, -0.05) is 42.3 Å². The highest BCUT2D eigenvalue weighted by atomic mass is 35.5. The number of morpholine rings is 1. The van der Waals surface area contributed by atoms with Gasteiger partial charge in [0.2, 0.25) is 0 Å². The molecule has 32 heavy (non-hydrogen) atoms. The van der Waals surface area contributed by atoms with E-state index < -0.39 is 0 Å². The number of anilines is 1. The maximum absolute atomic E-state index is 6.51. The molecule has 1 fully saturated rings. The zero-order chi connectivity index (χ0) is 22.2. The predicted molar refractivity (Wildman–Crippen MR) is 133 cm³/mol. The molecule has 0 amide bonds. The number of halogens is 2. The van der Waals surface area contributed by atoms with Gasteiger partial charge in [0.15, 0.2) is 0 Å². The molecule has 1 aliphatic carbocycles. The number of ether oxygens (including phenoxy) is 1. The van der Waals surface area contributed by atoms with Gasteiger partial charge in [0.1, 0.15) is 16.5 Å². The molecule has 0 N–H and O–H groups in total. The normalized spacial score (nSPS) is 19.3. The standard InChI is InChI=1S/C24H28Cl2N4OS/c1-15-6-7-17-19(12-15)32-24-21(17)23(27-20(28-24)14-30-8-10-31-11-9-30)29(2)13-16-4-3-5-18(25)22(16)26/h3-5,15H,6-14H2,1-2H3/t15-/m1/s1. The van der Waals surface area contributed by atoms with Crippen molar-refractivity contribution in [3.05, 3.63) is 50.1 Å². The van der Waals surface area contributed by atoms with Gasteiger partial charge >= 0.3 is 0 Å². The van der Waals surface area contributed by atoms with E-state index in [1.54, 1.807) is 0 Å². The van der Waals surface area contributed by atoms with E-state index in [0.717, 1.165) is 73.6 Å². The van der Waals surface area contributed by atoms with Crippen molar-refractivity contribution < 1.29 is 4.74 Å². The molecule has 3 heterocycles. The molecule has 2 aromatic heterocycles. The lowest BCUT2D eigenvalue weighted by molar-refractivity contribution is 0.0331. The van der Waals surface area contributed by atoms with E-state index in [2.05, 4.69) is 23.8 Å². The Morgan fingerprint density at radius 3 is 2.84 bits per heavy atom. The molecule has 2 aliphatic rings. The van der Waals surface area contributed by atoms with E-state index in [9.17, 15) is 0 Å². The number of hydrogen-bond acceptors (Lipinski definition) is 6. The second kappa shape index (κ2) is 9.43. The van der Waals surface area contributed by atoms with Gasteiger partial charge in [-0.05, 0) is 42.4 Å². The van der Waals surface area contributed by atoms with Crippen LogP contribution in [0.15, 0.2) is 18.2 Å². The lowest BCUT2D eigenvalue weighted by Crippen LogP contribution is -2.36. The van der Waals surface area contributed by atoms with Crippen LogP contribution >= 0.6 is 34.5 Å². The van der Waals surface area contributed by atoms with Crippen molar-refractivity contribution >= 4 is 50.6 Å². The van der Waals surface area contributed by atoms with Crippen molar-refractivity contribution in [3.8, 4) is 0 Å². The Bertz CT molecular complexity index is 1130. The third-order valence-corrected chi connectivity index (χ3v) is 8.46. The van der Waals surface area contributed by atoms with Crippen molar-refractivity contribution in [3.63, 3.8) is 0 Å². The van der Waals surface area contributed by atoms with Crippen LogP contribution in [0.1, 0.15) is 35.2 Å². The SMILES string of the molecule is C[C@@H]1CCc2c(sc3nc(CN4CCOCC4)nc(N(C)Cc4cccc(Cl)c4Cl)c23)C1. The highest BCUT2D eigenvalue weighted by Crippen LogP contribution is 2.41. The van der Waals surface area contributed by atoms with Crippen LogP contribution in [-0.4, -0.2) is 48.2 Å². The first kappa shape index (κ1) is 22.4. The molecular formula is C24H28Cl2N4OS. The fraction of sp³-hybridized carbons (Fsp3) is 0.500. The Morgan fingerprint density at radius 1 is 1.22 bits per heavy atom. The highest BCUT2D eigenvalue weighted by Gasteiger charge is 2.26. The lowest BCUT2D eigenvalue weighted by atomic mass is 9.89. The van der Waals surface area contributed by atoms with Crippen LogP contribution in [-0.2, 0) is 30.7 Å². The summed E-state index contributed by atoms with van der Waals surface area (Å²) in [6.45, 7) is 7.12. The van der Waals surface area contributed by atoms with Gasteiger partial charge in [-0.25, -0.2) is 9.97 Å². The monoisotopic (exact) mass is 490 g/mol. The summed E-state index contributed by atoms with van der Waals surface area (Å²) in [6, 6.07) is 5.81. The predicted octanol–water partition coefficient (Wildman–Crippen LogP) is 5.59. The van der Waals surface area contributed by atoms with Gasteiger partial charge in [0.25, 0.3) is 0 Å². The molecule has 1 atom stereocenters. The third kappa shape index (κ3) is 4.48. The molecule has 0 saturated carbocycles. The summed E-state index contributed by atoms with van der Waals surface area (Å²) in [4.78, 5) is 17.3. The quantitative estimate of drug-likeness (QED) is 0.465. The minimum atomic E-state index is 0.584. The smallest absolute Gasteiger partial charge is 0.146 e. The maximum atomic E-state index is 6.51. The van der Waals surface area contributed by atoms with Crippen LogP contribution in [0.5, 0.6) is 0 Å². The van der Waals surface area contributed by atoms with Crippen LogP contribution in [0.3, 0.4) is 0 Å². The molecule has 1 saturated heterocycles. The highest BCUT2D eigenvalue weighted by molar-refractivity contribution is 7.19. The fourth-order valence-electron chi connectivity index (χ4n) is 4.67. The summed E-state index contributed by atoms with van der Waals surface area (Å²) in [5.41, 5.74) is 2.45. The molecule has 1 aromatic carbocycles. The maximum Gasteiger partial charge on any atom is 0.146 e. The van der Waals surface area contributed by atoms with E-state index in [1.807, 2.05) is 29.5 Å². The summed E-state index contributed by atoms with van der Waals surface area (Å²) < 4.78 is 5.51. The van der Waals surface area contributed by atoms with Gasteiger partial charge in [0, 0.05) is 31.6 Å². The lowest BCUT2D eigenvalue weighted by Gasteiger charge is -2.27. The number of rotatable bonds is 5. The molecule has 0 radical (unpaired) electrons. The van der Waals surface area contributed by atoms with Gasteiger partial charge in [0.05, 0.1) is 35.2 Å². The number of aromatic nitrogens is 2. The summed E-state index contributed by atoms with van der Waals surface area (Å²) in [6.07, 6.45) is 3.46. The first-order valence-electron chi connectivity index (χ1n) is 11.2. The molecule has 0 unspecified atom stereocenters. The van der Waals surface area contributed by atoms with Crippen LogP contribution < -0.4 is 4.90 Å². The second-order valence-electron chi connectivity index (χ2n) is 8.95. The minimum Gasteiger partial charge on any atom is -0.379 e. The molecule has 5 nitrogen and oxygen atoms in total. The van der Waals surface area contributed by atoms with E-state index in [-0.39, 0.29) is 0 Å². The summed E-state index contributed by atoms with van der Waals surface area (Å²) >= 11 is 14.6. The average molecular weight is 491 g/mol. The second-order valence-corrected chi connectivity index (χ2v) is 10.8. The number of thiophene rings is 1. The van der Waals surface area contributed by atoms with Crippen molar-refractivity contribution in [2.75, 3.05) is 38.3 Å². The number of nitrogens with zero attached hydrogens (tertiary/aromatic N) is 4. The number of fused-ring (bicyclic) bond motifs is 3. The van der Waals surface area contributed by atoms with Crippen molar-refractivity contribution in [2.45, 2.75) is 39.3 Å². The fourth-order valence-corrected chi connectivity index (χ4v) is 6.45. The first-order valence-corrected chi connectivity index (χ1v) is 12.8. The van der Waals surface area contributed by atoms with Crippen molar-refractivity contribution in [1.82, 2.24) is 14.9 Å². The van der Waals surface area contributed by atoms with Gasteiger partial charge < -0.3 is 9.64 Å². The topological polar surface area (TPSA) is 41.5 Å². The molecule has 1 aliphatic heterocycles. The molecule has 3 aromatic rings. The Hall–Kier alpha value is -1.44. The van der Waals surface area contributed by atoms with E-state index in [0.29, 0.717) is 16.6 Å². The molecule has 0 bridgehead atoms. The van der Waals surface area contributed by atoms with Gasteiger partial charge in [-0.15, -0.1) is 11.3 Å². The number of benzene rings is 1. The average Bonchev–Trinajstić information content (AvgIpc) is 3.14. The van der Waals surface area contributed by atoms with Crippen LogP contribution in [0.2, 0.25) is 10.0 Å². The van der Waals surface area contributed by atoms with E-state index in [1.165, 1.54) is 22.2 Å². The van der Waals surface area contributed by atoms with Crippen molar-refractivity contribution in [2.24, 2.45) is 5.92 Å². The molecule has 8 heteroatoms. The Labute approximate surface area is 203 Å². The first-order chi connectivity index (χ1) is 15.5. The van der Waals surface area contributed by atoms with Gasteiger partial charge in [-0.2, -0.15) is 0 Å². The zero-order valence-corrected chi connectivity index (χ0v) is 20.9. The molecular weight excluding hydrogens is 463 g/mol. The third-order valence-electron chi connectivity index (χ3n) is 6.45.